The summed E-state index contributed by atoms with van der Waals surface area (Å²) < 4.78 is 5.43. The molecule has 0 saturated carbocycles. The van der Waals surface area contributed by atoms with Crippen molar-refractivity contribution in [2.45, 2.75) is 52.8 Å². The smallest absolute Gasteiger partial charge is 0.411 e. The number of hydrogen-bond donors (Lipinski definition) is 1. The predicted molar refractivity (Wildman–Crippen MR) is 78.4 cm³/mol. The first kappa shape index (κ1) is 15.8. The van der Waals surface area contributed by atoms with Crippen molar-refractivity contribution in [1.82, 2.24) is 9.88 Å². The highest BCUT2D eigenvalue weighted by atomic mass is 32.1. The van der Waals surface area contributed by atoms with Crippen molar-refractivity contribution >= 4 is 23.4 Å². The average Bonchev–Trinajstić information content (AvgIpc) is 2.81. The molecule has 1 aliphatic heterocycles. The third-order valence-electron chi connectivity index (χ3n) is 3.10. The molecule has 1 atom stereocenters. The van der Waals surface area contributed by atoms with E-state index in [0.29, 0.717) is 12.2 Å². The standard InChI is InChI=1S/C14H20N2O4S/c1-7(2)10-9-8(21-11(15-9)12(17)18)6-16(10)13(19)20-14(3,4)5/h7,10H,6H2,1-5H3,(H,17,18). The molecule has 2 heterocycles. The van der Waals surface area contributed by atoms with Gasteiger partial charge in [0.15, 0.2) is 0 Å². The van der Waals surface area contributed by atoms with Crippen LogP contribution in [0.25, 0.3) is 0 Å². The van der Waals surface area contributed by atoms with Gasteiger partial charge in [0.25, 0.3) is 0 Å². The minimum absolute atomic E-state index is 0.0782. The third-order valence-corrected chi connectivity index (χ3v) is 4.14. The fourth-order valence-corrected chi connectivity index (χ4v) is 3.31. The van der Waals surface area contributed by atoms with Crippen LogP contribution in [0.5, 0.6) is 0 Å². The number of rotatable bonds is 2. The van der Waals surface area contributed by atoms with Gasteiger partial charge in [0.05, 0.1) is 23.2 Å². The molecule has 1 aliphatic rings. The van der Waals surface area contributed by atoms with Gasteiger partial charge in [-0.2, -0.15) is 0 Å². The van der Waals surface area contributed by atoms with Gasteiger partial charge in [-0.1, -0.05) is 13.8 Å². The first-order valence-corrected chi connectivity index (χ1v) is 7.64. The van der Waals surface area contributed by atoms with E-state index in [-0.39, 0.29) is 23.1 Å². The molecule has 7 heteroatoms. The Morgan fingerprint density at radius 3 is 2.52 bits per heavy atom. The number of hydrogen-bond acceptors (Lipinski definition) is 5. The molecular formula is C14H20N2O4S. The summed E-state index contributed by atoms with van der Waals surface area (Å²) in [5.41, 5.74) is 0.132. The van der Waals surface area contributed by atoms with E-state index in [1.54, 1.807) is 4.90 Å². The molecule has 6 nitrogen and oxygen atoms in total. The Balaban J connectivity index is 2.28. The number of carboxylic acids is 1. The maximum Gasteiger partial charge on any atom is 0.411 e. The van der Waals surface area contributed by atoms with Crippen molar-refractivity contribution in [2.75, 3.05) is 0 Å². The molecule has 2 rings (SSSR count). The van der Waals surface area contributed by atoms with Crippen LogP contribution in [0.3, 0.4) is 0 Å². The minimum Gasteiger partial charge on any atom is -0.476 e. The molecule has 21 heavy (non-hydrogen) atoms. The fourth-order valence-electron chi connectivity index (χ4n) is 2.37. The lowest BCUT2D eigenvalue weighted by Crippen LogP contribution is -2.37. The molecule has 0 radical (unpaired) electrons. The molecule has 1 aromatic heterocycles. The second-order valence-electron chi connectivity index (χ2n) is 6.43. The molecule has 116 valence electrons. The first-order valence-electron chi connectivity index (χ1n) is 6.82. The van der Waals surface area contributed by atoms with Gasteiger partial charge < -0.3 is 9.84 Å². The van der Waals surface area contributed by atoms with Crippen molar-refractivity contribution in [3.05, 3.63) is 15.6 Å². The van der Waals surface area contributed by atoms with E-state index in [4.69, 9.17) is 9.84 Å². The lowest BCUT2D eigenvalue weighted by atomic mass is 10.0. The van der Waals surface area contributed by atoms with Crippen LogP contribution < -0.4 is 0 Å². The van der Waals surface area contributed by atoms with Gasteiger partial charge in [-0.25, -0.2) is 14.6 Å². The van der Waals surface area contributed by atoms with Crippen LogP contribution in [0, 0.1) is 5.92 Å². The van der Waals surface area contributed by atoms with Gasteiger partial charge in [0.2, 0.25) is 5.01 Å². The zero-order chi connectivity index (χ0) is 15.9. The Labute approximate surface area is 127 Å². The molecule has 1 N–H and O–H groups in total. The van der Waals surface area contributed by atoms with Crippen LogP contribution >= 0.6 is 11.3 Å². The monoisotopic (exact) mass is 312 g/mol. The first-order chi connectivity index (χ1) is 9.60. The summed E-state index contributed by atoms with van der Waals surface area (Å²) >= 11 is 1.13. The number of carboxylic acid groups (broad SMARTS) is 1. The minimum atomic E-state index is -1.03. The summed E-state index contributed by atoms with van der Waals surface area (Å²) in [6.07, 6.45) is -0.386. The highest BCUT2D eigenvalue weighted by Crippen LogP contribution is 2.41. The molecule has 0 bridgehead atoms. The van der Waals surface area contributed by atoms with E-state index in [2.05, 4.69) is 4.98 Å². The number of aromatic nitrogens is 1. The third kappa shape index (κ3) is 3.18. The predicted octanol–water partition coefficient (Wildman–Crippen LogP) is 3.29. The summed E-state index contributed by atoms with van der Waals surface area (Å²) in [5, 5.41) is 9.12. The second-order valence-corrected chi connectivity index (χ2v) is 7.51. The molecule has 0 aromatic carbocycles. The number of amides is 1. The summed E-state index contributed by atoms with van der Waals surface area (Å²) in [7, 11) is 0. The van der Waals surface area contributed by atoms with Crippen LogP contribution in [0.15, 0.2) is 0 Å². The maximum atomic E-state index is 12.3. The van der Waals surface area contributed by atoms with E-state index in [0.717, 1.165) is 16.2 Å². The number of fused-ring (bicyclic) bond motifs is 1. The number of carbonyl (C=O) groups is 2. The summed E-state index contributed by atoms with van der Waals surface area (Å²) in [6, 6.07) is -0.237. The summed E-state index contributed by atoms with van der Waals surface area (Å²) in [5.74, 6) is -0.900. The van der Waals surface area contributed by atoms with Crippen molar-refractivity contribution in [3.63, 3.8) is 0 Å². The number of ether oxygens (including phenoxy) is 1. The quantitative estimate of drug-likeness (QED) is 0.906. The van der Waals surface area contributed by atoms with Crippen LogP contribution in [0.1, 0.15) is 61.0 Å². The van der Waals surface area contributed by atoms with Crippen LogP contribution in [-0.4, -0.2) is 32.7 Å². The molecule has 1 unspecified atom stereocenters. The normalized spacial score (nSPS) is 18.0. The van der Waals surface area contributed by atoms with Crippen LogP contribution in [-0.2, 0) is 11.3 Å². The molecule has 0 aliphatic carbocycles. The topological polar surface area (TPSA) is 79.7 Å². The van der Waals surface area contributed by atoms with E-state index in [9.17, 15) is 9.59 Å². The van der Waals surface area contributed by atoms with E-state index >= 15 is 0 Å². The van der Waals surface area contributed by atoms with E-state index in [1.807, 2.05) is 34.6 Å². The van der Waals surface area contributed by atoms with Crippen molar-refractivity contribution in [2.24, 2.45) is 5.92 Å². The second kappa shape index (κ2) is 5.29. The van der Waals surface area contributed by atoms with Crippen molar-refractivity contribution in [1.29, 1.82) is 0 Å². The molecule has 1 amide bonds. The number of nitrogens with zero attached hydrogens (tertiary/aromatic N) is 2. The Kier molecular flexibility index (Phi) is 3.97. The van der Waals surface area contributed by atoms with Gasteiger partial charge in [0, 0.05) is 0 Å². The molecular weight excluding hydrogens is 292 g/mol. The van der Waals surface area contributed by atoms with E-state index < -0.39 is 11.6 Å². The summed E-state index contributed by atoms with van der Waals surface area (Å²) in [4.78, 5) is 30.0. The zero-order valence-corrected chi connectivity index (χ0v) is 13.7. The van der Waals surface area contributed by atoms with Crippen molar-refractivity contribution in [3.8, 4) is 0 Å². The Hall–Kier alpha value is -1.63. The summed E-state index contributed by atoms with van der Waals surface area (Å²) in [6.45, 7) is 9.79. The van der Waals surface area contributed by atoms with Crippen molar-refractivity contribution < 1.29 is 19.4 Å². The Bertz CT molecular complexity index is 574. The Morgan fingerprint density at radius 2 is 2.05 bits per heavy atom. The average molecular weight is 312 g/mol. The fraction of sp³-hybridized carbons (Fsp3) is 0.643. The van der Waals surface area contributed by atoms with E-state index in [1.165, 1.54) is 0 Å². The SMILES string of the molecule is CC(C)C1c2nc(C(=O)O)sc2CN1C(=O)OC(C)(C)C. The van der Waals surface area contributed by atoms with Gasteiger partial charge in [-0.3, -0.25) is 4.90 Å². The number of aromatic carboxylic acids is 1. The molecule has 1 aromatic rings. The highest BCUT2D eigenvalue weighted by Gasteiger charge is 2.41. The van der Waals surface area contributed by atoms with Crippen LogP contribution in [0.4, 0.5) is 4.79 Å². The molecule has 0 saturated heterocycles. The lowest BCUT2D eigenvalue weighted by Gasteiger charge is -2.30. The molecule has 0 fully saturated rings. The number of thiazole rings is 1. The number of carbonyl (C=O) groups excluding carboxylic acids is 1. The highest BCUT2D eigenvalue weighted by molar-refractivity contribution is 7.13. The van der Waals surface area contributed by atoms with Gasteiger partial charge in [-0.15, -0.1) is 11.3 Å². The lowest BCUT2D eigenvalue weighted by molar-refractivity contribution is 0.0124. The maximum absolute atomic E-state index is 12.3. The van der Waals surface area contributed by atoms with Crippen LogP contribution in [0.2, 0.25) is 0 Å². The van der Waals surface area contributed by atoms with Gasteiger partial charge in [0.1, 0.15) is 5.60 Å². The van der Waals surface area contributed by atoms with Gasteiger partial charge >= 0.3 is 12.1 Å². The largest absolute Gasteiger partial charge is 0.476 e. The van der Waals surface area contributed by atoms with Gasteiger partial charge in [-0.05, 0) is 26.7 Å². The zero-order valence-electron chi connectivity index (χ0n) is 12.8. The Morgan fingerprint density at radius 1 is 1.43 bits per heavy atom. The molecule has 0 spiro atoms.